The van der Waals surface area contributed by atoms with E-state index in [2.05, 4.69) is 25.1 Å². The first-order chi connectivity index (χ1) is 8.33. The molecular weight excluding hydrogens is 212 g/mol. The maximum Gasteiger partial charge on any atom is 0.109 e. The topological polar surface area (TPSA) is 29.5 Å². The molecular formula is C15H22O2. The Bertz CT molecular complexity index is 349. The van der Waals surface area contributed by atoms with Gasteiger partial charge in [0.15, 0.2) is 0 Å². The van der Waals surface area contributed by atoms with E-state index in [1.54, 1.807) is 0 Å². The normalized spacial score (nSPS) is 20.9. The van der Waals surface area contributed by atoms with E-state index in [1.807, 2.05) is 6.07 Å². The lowest BCUT2D eigenvalue weighted by molar-refractivity contribution is -0.0503. The van der Waals surface area contributed by atoms with Crippen molar-refractivity contribution in [3.8, 4) is 0 Å². The molecule has 0 bridgehead atoms. The first-order valence-corrected chi connectivity index (χ1v) is 6.70. The smallest absolute Gasteiger partial charge is 0.109 e. The van der Waals surface area contributed by atoms with E-state index >= 15 is 0 Å². The second-order valence-electron chi connectivity index (χ2n) is 4.80. The Morgan fingerprint density at radius 2 is 2.18 bits per heavy atom. The van der Waals surface area contributed by atoms with E-state index in [1.165, 1.54) is 24.0 Å². The number of fused-ring (bicyclic) bond motifs is 1. The monoisotopic (exact) mass is 234 g/mol. The van der Waals surface area contributed by atoms with Crippen LogP contribution in [0.1, 0.15) is 49.8 Å². The zero-order valence-corrected chi connectivity index (χ0v) is 10.6. The molecule has 17 heavy (non-hydrogen) atoms. The molecule has 1 N–H and O–H groups in total. The third kappa shape index (κ3) is 3.08. The fourth-order valence-electron chi connectivity index (χ4n) is 2.50. The van der Waals surface area contributed by atoms with Crippen molar-refractivity contribution < 1.29 is 9.84 Å². The number of aliphatic hydroxyl groups excluding tert-OH is 1. The minimum Gasteiger partial charge on any atom is -0.390 e. The second kappa shape index (κ2) is 6.18. The van der Waals surface area contributed by atoms with Crippen molar-refractivity contribution in [3.63, 3.8) is 0 Å². The highest BCUT2D eigenvalue weighted by Crippen LogP contribution is 2.31. The van der Waals surface area contributed by atoms with Gasteiger partial charge in [-0.2, -0.15) is 0 Å². The third-order valence-electron chi connectivity index (χ3n) is 3.48. The molecule has 2 atom stereocenters. The minimum absolute atomic E-state index is 0.114. The molecule has 1 aliphatic rings. The summed E-state index contributed by atoms with van der Waals surface area (Å²) in [5.74, 6) is 0. The van der Waals surface area contributed by atoms with Crippen molar-refractivity contribution >= 4 is 0 Å². The number of unbranched alkanes of at least 4 members (excludes halogenated alkanes) is 2. The summed E-state index contributed by atoms with van der Waals surface area (Å²) >= 11 is 0. The predicted octanol–water partition coefficient (Wildman–Crippen LogP) is 3.24. The van der Waals surface area contributed by atoms with Crippen LogP contribution in [0, 0.1) is 0 Å². The fourth-order valence-corrected chi connectivity index (χ4v) is 2.50. The molecule has 0 radical (unpaired) electrons. The SMILES string of the molecule is CCCCCC(O)C1OCCc2ccccc21. The minimum atomic E-state index is -0.358. The van der Waals surface area contributed by atoms with Gasteiger partial charge in [-0.1, -0.05) is 50.5 Å². The van der Waals surface area contributed by atoms with Crippen molar-refractivity contribution in [3.05, 3.63) is 35.4 Å². The summed E-state index contributed by atoms with van der Waals surface area (Å²) in [6.45, 7) is 2.91. The highest BCUT2D eigenvalue weighted by Gasteiger charge is 2.26. The van der Waals surface area contributed by atoms with Gasteiger partial charge in [0.2, 0.25) is 0 Å². The molecule has 2 rings (SSSR count). The molecule has 0 spiro atoms. The van der Waals surface area contributed by atoms with Crippen LogP contribution in [-0.4, -0.2) is 17.8 Å². The number of rotatable bonds is 5. The van der Waals surface area contributed by atoms with Crippen LogP contribution in [-0.2, 0) is 11.2 Å². The van der Waals surface area contributed by atoms with Gasteiger partial charge in [0.1, 0.15) is 6.10 Å². The molecule has 0 fully saturated rings. The maximum absolute atomic E-state index is 10.2. The quantitative estimate of drug-likeness (QED) is 0.792. The Hall–Kier alpha value is -0.860. The van der Waals surface area contributed by atoms with E-state index in [9.17, 15) is 5.11 Å². The van der Waals surface area contributed by atoms with Gasteiger partial charge in [-0.05, 0) is 24.0 Å². The Balaban J connectivity index is 2.02. The average molecular weight is 234 g/mol. The lowest BCUT2D eigenvalue weighted by Crippen LogP contribution is -2.26. The lowest BCUT2D eigenvalue weighted by atomic mass is 9.92. The van der Waals surface area contributed by atoms with Crippen LogP contribution < -0.4 is 0 Å². The molecule has 1 heterocycles. The predicted molar refractivity (Wildman–Crippen MR) is 69.0 cm³/mol. The highest BCUT2D eigenvalue weighted by atomic mass is 16.5. The van der Waals surface area contributed by atoms with Gasteiger partial charge < -0.3 is 9.84 Å². The number of hydrogen-bond acceptors (Lipinski definition) is 2. The van der Waals surface area contributed by atoms with Crippen LogP contribution in [0.5, 0.6) is 0 Å². The summed E-state index contributed by atoms with van der Waals surface area (Å²) in [6, 6.07) is 8.32. The molecule has 0 saturated carbocycles. The number of ether oxygens (including phenoxy) is 1. The number of aliphatic hydroxyl groups is 1. The summed E-state index contributed by atoms with van der Waals surface area (Å²) in [6.07, 6.45) is 4.79. The van der Waals surface area contributed by atoms with Crippen molar-refractivity contribution in [2.75, 3.05) is 6.61 Å². The first-order valence-electron chi connectivity index (χ1n) is 6.70. The van der Waals surface area contributed by atoms with Crippen LogP contribution in [0.15, 0.2) is 24.3 Å². The third-order valence-corrected chi connectivity index (χ3v) is 3.48. The summed E-state index contributed by atoms with van der Waals surface area (Å²) in [5, 5.41) is 10.2. The van der Waals surface area contributed by atoms with Gasteiger partial charge >= 0.3 is 0 Å². The van der Waals surface area contributed by atoms with Crippen LogP contribution >= 0.6 is 0 Å². The molecule has 0 aromatic heterocycles. The standard InChI is InChI=1S/C15H22O2/c1-2-3-4-9-14(16)15-13-8-6-5-7-12(13)10-11-17-15/h5-8,14-16H,2-4,9-11H2,1H3. The van der Waals surface area contributed by atoms with Crippen LogP contribution in [0.2, 0.25) is 0 Å². The maximum atomic E-state index is 10.2. The number of benzene rings is 1. The molecule has 0 saturated heterocycles. The van der Waals surface area contributed by atoms with Crippen LogP contribution in [0.3, 0.4) is 0 Å². The van der Waals surface area contributed by atoms with Crippen molar-refractivity contribution in [2.24, 2.45) is 0 Å². The molecule has 1 aromatic rings. The summed E-state index contributed by atoms with van der Waals surface area (Å²) < 4.78 is 5.75. The summed E-state index contributed by atoms with van der Waals surface area (Å²) in [4.78, 5) is 0. The summed E-state index contributed by atoms with van der Waals surface area (Å²) in [7, 11) is 0. The first kappa shape index (κ1) is 12.6. The zero-order valence-electron chi connectivity index (χ0n) is 10.6. The van der Waals surface area contributed by atoms with Gasteiger partial charge in [-0.3, -0.25) is 0 Å². The van der Waals surface area contributed by atoms with E-state index in [0.29, 0.717) is 0 Å². The van der Waals surface area contributed by atoms with Gasteiger partial charge in [-0.15, -0.1) is 0 Å². The molecule has 1 aliphatic heterocycles. The Labute approximate surface area is 104 Å². The van der Waals surface area contributed by atoms with E-state index in [0.717, 1.165) is 25.9 Å². The largest absolute Gasteiger partial charge is 0.390 e. The van der Waals surface area contributed by atoms with Crippen LogP contribution in [0.25, 0.3) is 0 Å². The molecule has 2 heteroatoms. The molecule has 94 valence electrons. The molecule has 0 aliphatic carbocycles. The van der Waals surface area contributed by atoms with Gasteiger partial charge in [0, 0.05) is 0 Å². The number of hydrogen-bond donors (Lipinski definition) is 1. The molecule has 2 nitrogen and oxygen atoms in total. The van der Waals surface area contributed by atoms with E-state index < -0.39 is 0 Å². The Kier molecular flexibility index (Phi) is 4.57. The fraction of sp³-hybridized carbons (Fsp3) is 0.600. The average Bonchev–Trinajstić information content (AvgIpc) is 2.38. The second-order valence-corrected chi connectivity index (χ2v) is 4.80. The zero-order chi connectivity index (χ0) is 12.1. The Morgan fingerprint density at radius 1 is 1.35 bits per heavy atom. The van der Waals surface area contributed by atoms with Crippen molar-refractivity contribution in [1.82, 2.24) is 0 Å². The highest BCUT2D eigenvalue weighted by molar-refractivity contribution is 5.31. The van der Waals surface area contributed by atoms with Gasteiger partial charge in [-0.25, -0.2) is 0 Å². The van der Waals surface area contributed by atoms with Crippen LogP contribution in [0.4, 0.5) is 0 Å². The molecule has 1 aromatic carbocycles. The molecule has 0 amide bonds. The van der Waals surface area contributed by atoms with Gasteiger partial charge in [0.25, 0.3) is 0 Å². The van der Waals surface area contributed by atoms with Gasteiger partial charge in [0.05, 0.1) is 12.7 Å². The van der Waals surface area contributed by atoms with E-state index in [4.69, 9.17) is 4.74 Å². The van der Waals surface area contributed by atoms with Crippen molar-refractivity contribution in [1.29, 1.82) is 0 Å². The van der Waals surface area contributed by atoms with E-state index in [-0.39, 0.29) is 12.2 Å². The van der Waals surface area contributed by atoms with Crippen molar-refractivity contribution in [2.45, 2.75) is 51.2 Å². The molecule has 2 unspecified atom stereocenters. The summed E-state index contributed by atoms with van der Waals surface area (Å²) in [5.41, 5.74) is 2.51. The lowest BCUT2D eigenvalue weighted by Gasteiger charge is -2.29. The Morgan fingerprint density at radius 3 is 3.00 bits per heavy atom.